The summed E-state index contributed by atoms with van der Waals surface area (Å²) in [6.07, 6.45) is 2.20. The van der Waals surface area contributed by atoms with Gasteiger partial charge in [0, 0.05) is 32.7 Å². The minimum absolute atomic E-state index is 0.257. The second kappa shape index (κ2) is 9.08. The summed E-state index contributed by atoms with van der Waals surface area (Å²) in [6.45, 7) is 4.00. The van der Waals surface area contributed by atoms with Crippen LogP contribution in [0.1, 0.15) is 5.56 Å². The van der Waals surface area contributed by atoms with Crippen molar-refractivity contribution in [3.05, 3.63) is 47.7 Å². The van der Waals surface area contributed by atoms with E-state index in [0.717, 1.165) is 26.1 Å². The lowest BCUT2D eigenvalue weighted by molar-refractivity contribution is -0.140. The van der Waals surface area contributed by atoms with Gasteiger partial charge in [0.1, 0.15) is 5.70 Å². The van der Waals surface area contributed by atoms with E-state index in [1.54, 1.807) is 0 Å². The van der Waals surface area contributed by atoms with E-state index in [2.05, 4.69) is 21.8 Å². The van der Waals surface area contributed by atoms with Gasteiger partial charge >= 0.3 is 11.9 Å². The maximum atomic E-state index is 11.9. The van der Waals surface area contributed by atoms with E-state index in [1.807, 2.05) is 23.1 Å². The zero-order chi connectivity index (χ0) is 17.4. The molecule has 2 rings (SSSR count). The van der Waals surface area contributed by atoms with E-state index in [9.17, 15) is 9.59 Å². The molecule has 1 heterocycles. The van der Waals surface area contributed by atoms with Crippen LogP contribution in [0.25, 0.3) is 0 Å². The number of carbonyl (C=O) groups is 2. The Morgan fingerprint density at radius 2 is 1.71 bits per heavy atom. The second-order valence-corrected chi connectivity index (χ2v) is 5.61. The molecule has 1 aliphatic rings. The number of methoxy groups -OCH3 is 2. The Morgan fingerprint density at radius 1 is 1.04 bits per heavy atom. The third-order valence-corrected chi connectivity index (χ3v) is 4.12. The highest BCUT2D eigenvalue weighted by molar-refractivity contribution is 5.95. The number of carbonyl (C=O) groups excluding carboxylic acids is 2. The first-order valence-electron chi connectivity index (χ1n) is 8.03. The molecule has 0 saturated carbocycles. The van der Waals surface area contributed by atoms with E-state index < -0.39 is 11.9 Å². The average molecular weight is 332 g/mol. The van der Waals surface area contributed by atoms with Gasteiger partial charge in [0.05, 0.1) is 20.3 Å². The van der Waals surface area contributed by atoms with E-state index in [0.29, 0.717) is 13.1 Å². The fraction of sp³-hybridized carbons (Fsp3) is 0.444. The molecule has 0 amide bonds. The largest absolute Gasteiger partial charge is 0.466 e. The molecule has 0 N–H and O–H groups in total. The zero-order valence-corrected chi connectivity index (χ0v) is 14.2. The number of benzene rings is 1. The van der Waals surface area contributed by atoms with Crippen LogP contribution in [-0.4, -0.2) is 68.7 Å². The number of hydrogen-bond acceptors (Lipinski definition) is 6. The molecule has 0 spiro atoms. The summed E-state index contributed by atoms with van der Waals surface area (Å²) in [4.78, 5) is 27.6. The fourth-order valence-corrected chi connectivity index (χ4v) is 2.70. The van der Waals surface area contributed by atoms with Gasteiger partial charge in [-0.3, -0.25) is 4.90 Å². The molecular formula is C18H24N2O4. The molecule has 1 aromatic carbocycles. The highest BCUT2D eigenvalue weighted by Gasteiger charge is 2.24. The third-order valence-electron chi connectivity index (χ3n) is 4.12. The van der Waals surface area contributed by atoms with E-state index >= 15 is 0 Å². The van der Waals surface area contributed by atoms with Crippen molar-refractivity contribution in [1.29, 1.82) is 0 Å². The molecule has 6 heteroatoms. The highest BCUT2D eigenvalue weighted by Crippen LogP contribution is 2.12. The van der Waals surface area contributed by atoms with Crippen LogP contribution in [0.2, 0.25) is 0 Å². The number of nitrogens with zero attached hydrogens (tertiary/aromatic N) is 2. The monoisotopic (exact) mass is 332 g/mol. The molecule has 1 fully saturated rings. The zero-order valence-electron chi connectivity index (χ0n) is 14.2. The van der Waals surface area contributed by atoms with Gasteiger partial charge in [0.25, 0.3) is 0 Å². The first kappa shape index (κ1) is 18.0. The Labute approximate surface area is 142 Å². The van der Waals surface area contributed by atoms with Crippen molar-refractivity contribution in [3.63, 3.8) is 0 Å². The molecule has 0 aliphatic carbocycles. The normalized spacial score (nSPS) is 15.9. The maximum absolute atomic E-state index is 11.9. The Bertz CT molecular complexity index is 578. The molecule has 6 nitrogen and oxygen atoms in total. The number of esters is 2. The summed E-state index contributed by atoms with van der Waals surface area (Å²) in [7, 11) is 2.60. The van der Waals surface area contributed by atoms with Crippen LogP contribution < -0.4 is 0 Å². The fourth-order valence-electron chi connectivity index (χ4n) is 2.70. The van der Waals surface area contributed by atoms with Gasteiger partial charge in [0.15, 0.2) is 0 Å². The van der Waals surface area contributed by atoms with Crippen molar-refractivity contribution < 1.29 is 19.1 Å². The molecule has 24 heavy (non-hydrogen) atoms. The first-order chi connectivity index (χ1) is 11.6. The van der Waals surface area contributed by atoms with E-state index in [-0.39, 0.29) is 5.70 Å². The molecule has 1 saturated heterocycles. The maximum Gasteiger partial charge on any atom is 0.354 e. The average Bonchev–Trinajstić information content (AvgIpc) is 2.65. The smallest absolute Gasteiger partial charge is 0.354 e. The summed E-state index contributed by atoms with van der Waals surface area (Å²) >= 11 is 0. The SMILES string of the molecule is COC(=O)/C=C(\C(=O)OC)N1CCN(CCc2ccccc2)CC1. The topological polar surface area (TPSA) is 59.1 Å². The minimum Gasteiger partial charge on any atom is -0.466 e. The van der Waals surface area contributed by atoms with Gasteiger partial charge in [-0.1, -0.05) is 30.3 Å². The number of hydrogen-bond donors (Lipinski definition) is 0. The lowest BCUT2D eigenvalue weighted by Crippen LogP contribution is -2.47. The molecule has 0 atom stereocenters. The Hall–Kier alpha value is -2.34. The van der Waals surface area contributed by atoms with Crippen molar-refractivity contribution in [1.82, 2.24) is 9.80 Å². The van der Waals surface area contributed by atoms with Gasteiger partial charge in [-0.15, -0.1) is 0 Å². The standard InChI is InChI=1S/C18H24N2O4/c1-23-17(21)14-16(18(22)24-2)20-12-10-19(11-13-20)9-8-15-6-4-3-5-7-15/h3-7,14H,8-13H2,1-2H3/b16-14+. The van der Waals surface area contributed by atoms with Gasteiger partial charge in [0.2, 0.25) is 0 Å². The Kier molecular flexibility index (Phi) is 6.81. The van der Waals surface area contributed by atoms with Crippen LogP contribution in [-0.2, 0) is 25.5 Å². The summed E-state index contributed by atoms with van der Waals surface area (Å²) in [6, 6.07) is 10.4. The van der Waals surface area contributed by atoms with Crippen LogP contribution >= 0.6 is 0 Å². The number of ether oxygens (including phenoxy) is 2. The Morgan fingerprint density at radius 3 is 2.29 bits per heavy atom. The van der Waals surface area contributed by atoms with Crippen molar-refractivity contribution in [2.45, 2.75) is 6.42 Å². The van der Waals surface area contributed by atoms with Crippen molar-refractivity contribution in [3.8, 4) is 0 Å². The second-order valence-electron chi connectivity index (χ2n) is 5.61. The van der Waals surface area contributed by atoms with E-state index in [1.165, 1.54) is 25.9 Å². The Balaban J connectivity index is 1.89. The van der Waals surface area contributed by atoms with Crippen molar-refractivity contribution in [2.24, 2.45) is 0 Å². The van der Waals surface area contributed by atoms with Crippen LogP contribution in [0, 0.1) is 0 Å². The summed E-state index contributed by atoms with van der Waals surface area (Å²) < 4.78 is 9.39. The van der Waals surface area contributed by atoms with Crippen LogP contribution in [0.15, 0.2) is 42.1 Å². The van der Waals surface area contributed by atoms with Gasteiger partial charge < -0.3 is 14.4 Å². The van der Waals surface area contributed by atoms with Gasteiger partial charge in [-0.05, 0) is 12.0 Å². The predicted molar refractivity (Wildman–Crippen MR) is 90.3 cm³/mol. The molecule has 0 unspecified atom stereocenters. The molecule has 0 radical (unpaired) electrons. The van der Waals surface area contributed by atoms with Crippen LogP contribution in [0.5, 0.6) is 0 Å². The lowest BCUT2D eigenvalue weighted by atomic mass is 10.1. The number of rotatable bonds is 6. The quantitative estimate of drug-likeness (QED) is 0.574. The molecule has 1 aliphatic heterocycles. The van der Waals surface area contributed by atoms with Gasteiger partial charge in [-0.2, -0.15) is 0 Å². The lowest BCUT2D eigenvalue weighted by Gasteiger charge is -2.36. The van der Waals surface area contributed by atoms with Gasteiger partial charge in [-0.25, -0.2) is 9.59 Å². The summed E-state index contributed by atoms with van der Waals surface area (Å²) in [5, 5.41) is 0. The van der Waals surface area contributed by atoms with E-state index in [4.69, 9.17) is 4.74 Å². The molecule has 1 aromatic rings. The molecule has 130 valence electrons. The summed E-state index contributed by atoms with van der Waals surface area (Å²) in [5.41, 5.74) is 1.58. The first-order valence-corrected chi connectivity index (χ1v) is 8.03. The number of piperazine rings is 1. The highest BCUT2D eigenvalue weighted by atomic mass is 16.5. The third kappa shape index (κ3) is 5.09. The molecule has 0 aromatic heterocycles. The van der Waals surface area contributed by atoms with Crippen LogP contribution in [0.3, 0.4) is 0 Å². The molecular weight excluding hydrogens is 308 g/mol. The van der Waals surface area contributed by atoms with Crippen molar-refractivity contribution in [2.75, 3.05) is 46.9 Å². The minimum atomic E-state index is -0.554. The predicted octanol–water partition coefficient (Wildman–Crippen LogP) is 1.08. The van der Waals surface area contributed by atoms with Crippen molar-refractivity contribution >= 4 is 11.9 Å². The molecule has 0 bridgehead atoms. The summed E-state index contributed by atoms with van der Waals surface area (Å²) in [5.74, 6) is -1.07. The van der Waals surface area contributed by atoms with Crippen LogP contribution in [0.4, 0.5) is 0 Å².